The molecule has 3 rings (SSSR count). The second-order valence-electron chi connectivity index (χ2n) is 5.00. The van der Waals surface area contributed by atoms with Crippen molar-refractivity contribution in [3.8, 4) is 22.5 Å². The predicted molar refractivity (Wildman–Crippen MR) is 77.4 cm³/mol. The van der Waals surface area contributed by atoms with Crippen LogP contribution >= 0.6 is 0 Å². The molecule has 3 aromatic rings. The van der Waals surface area contributed by atoms with Crippen LogP contribution in [0.2, 0.25) is 0 Å². The van der Waals surface area contributed by atoms with Crippen LogP contribution in [-0.4, -0.2) is 9.97 Å². The molecule has 0 aliphatic heterocycles. The lowest BCUT2D eigenvalue weighted by Crippen LogP contribution is -2.06. The van der Waals surface area contributed by atoms with Crippen LogP contribution in [0.5, 0.6) is 0 Å². The largest absolute Gasteiger partial charge is 0.252 e. The van der Waals surface area contributed by atoms with Crippen LogP contribution in [0.4, 0.5) is 22.0 Å². The number of rotatable bonds is 2. The van der Waals surface area contributed by atoms with E-state index in [4.69, 9.17) is 0 Å². The summed E-state index contributed by atoms with van der Waals surface area (Å²) >= 11 is 0. The van der Waals surface area contributed by atoms with Crippen molar-refractivity contribution in [3.05, 3.63) is 71.3 Å². The van der Waals surface area contributed by atoms with Crippen molar-refractivity contribution in [2.24, 2.45) is 0 Å². The molecule has 122 valence electrons. The van der Waals surface area contributed by atoms with Crippen LogP contribution in [0.15, 0.2) is 36.5 Å². The van der Waals surface area contributed by atoms with E-state index in [0.29, 0.717) is 17.0 Å². The summed E-state index contributed by atoms with van der Waals surface area (Å²) in [5, 5.41) is 0. The molecule has 2 aromatic carbocycles. The summed E-state index contributed by atoms with van der Waals surface area (Å²) in [5.41, 5.74) is -0.0704. The van der Waals surface area contributed by atoms with E-state index in [1.54, 1.807) is 30.3 Å². The van der Waals surface area contributed by atoms with E-state index >= 15 is 0 Å². The standard InChI is InChI=1S/C17H9F5N2/c1-8-17(9-5-3-2-4-6-9)23-7-10(24-8)11-12(18)14(20)16(22)15(21)13(11)19/h2-7H,1H3. The van der Waals surface area contributed by atoms with Gasteiger partial charge in [0.15, 0.2) is 23.3 Å². The van der Waals surface area contributed by atoms with E-state index in [-0.39, 0.29) is 0 Å². The number of hydrogen-bond acceptors (Lipinski definition) is 2. The molecule has 0 unspecified atom stereocenters. The van der Waals surface area contributed by atoms with Crippen LogP contribution < -0.4 is 0 Å². The fraction of sp³-hybridized carbons (Fsp3) is 0.0588. The third-order valence-corrected chi connectivity index (χ3v) is 3.46. The van der Waals surface area contributed by atoms with Gasteiger partial charge in [0.25, 0.3) is 0 Å². The average Bonchev–Trinajstić information content (AvgIpc) is 2.59. The number of aryl methyl sites for hydroxylation is 1. The molecule has 7 heteroatoms. The topological polar surface area (TPSA) is 25.8 Å². The second-order valence-corrected chi connectivity index (χ2v) is 5.00. The van der Waals surface area contributed by atoms with Gasteiger partial charge in [-0.25, -0.2) is 26.9 Å². The first kappa shape index (κ1) is 16.0. The Morgan fingerprint density at radius 3 is 1.83 bits per heavy atom. The second kappa shape index (κ2) is 5.99. The first-order chi connectivity index (χ1) is 11.4. The summed E-state index contributed by atoms with van der Waals surface area (Å²) in [5.74, 6) is -10.1. The molecule has 1 heterocycles. The minimum atomic E-state index is -2.21. The molecular weight excluding hydrogens is 327 g/mol. The van der Waals surface area contributed by atoms with Gasteiger partial charge in [-0.1, -0.05) is 30.3 Å². The van der Waals surface area contributed by atoms with Crippen LogP contribution in [0.3, 0.4) is 0 Å². The lowest BCUT2D eigenvalue weighted by atomic mass is 10.1. The van der Waals surface area contributed by atoms with Crippen molar-refractivity contribution < 1.29 is 22.0 Å². The normalized spacial score (nSPS) is 10.9. The zero-order valence-electron chi connectivity index (χ0n) is 12.2. The number of aromatic nitrogens is 2. The third kappa shape index (κ3) is 2.51. The van der Waals surface area contributed by atoms with Crippen molar-refractivity contribution in [1.82, 2.24) is 9.97 Å². The molecule has 0 saturated carbocycles. The molecule has 0 fully saturated rings. The van der Waals surface area contributed by atoms with E-state index in [1.807, 2.05) is 0 Å². The Kier molecular flexibility index (Phi) is 4.01. The Labute approximate surface area is 133 Å². The Hall–Kier alpha value is -2.83. The summed E-state index contributed by atoms with van der Waals surface area (Å²) in [7, 11) is 0. The maximum Gasteiger partial charge on any atom is 0.200 e. The Morgan fingerprint density at radius 2 is 1.29 bits per heavy atom. The Morgan fingerprint density at radius 1 is 0.750 bits per heavy atom. The maximum atomic E-state index is 13.9. The third-order valence-electron chi connectivity index (χ3n) is 3.46. The molecule has 0 amide bonds. The minimum Gasteiger partial charge on any atom is -0.252 e. The van der Waals surface area contributed by atoms with E-state index in [1.165, 1.54) is 6.92 Å². The number of hydrogen-bond donors (Lipinski definition) is 0. The van der Waals surface area contributed by atoms with E-state index in [2.05, 4.69) is 9.97 Å². The van der Waals surface area contributed by atoms with Gasteiger partial charge in [-0.3, -0.25) is 4.98 Å². The van der Waals surface area contributed by atoms with Gasteiger partial charge in [-0.15, -0.1) is 0 Å². The van der Waals surface area contributed by atoms with Crippen molar-refractivity contribution in [1.29, 1.82) is 0 Å². The summed E-state index contributed by atoms with van der Waals surface area (Å²) in [6.45, 7) is 1.53. The highest BCUT2D eigenvalue weighted by Gasteiger charge is 2.27. The first-order valence-electron chi connectivity index (χ1n) is 6.82. The lowest BCUT2D eigenvalue weighted by molar-refractivity contribution is 0.381. The van der Waals surface area contributed by atoms with Gasteiger partial charge in [0.1, 0.15) is 0 Å². The Balaban J connectivity index is 2.18. The molecule has 0 N–H and O–H groups in total. The SMILES string of the molecule is Cc1nc(-c2c(F)c(F)c(F)c(F)c2F)cnc1-c1ccccc1. The monoisotopic (exact) mass is 336 g/mol. The highest BCUT2D eigenvalue weighted by atomic mass is 19.2. The molecule has 2 nitrogen and oxygen atoms in total. The van der Waals surface area contributed by atoms with Crippen molar-refractivity contribution in [2.75, 3.05) is 0 Å². The molecular formula is C17H9F5N2. The van der Waals surface area contributed by atoms with Gasteiger partial charge in [0, 0.05) is 5.56 Å². The van der Waals surface area contributed by atoms with Crippen molar-refractivity contribution in [3.63, 3.8) is 0 Å². The predicted octanol–water partition coefficient (Wildman–Crippen LogP) is 4.81. The quantitative estimate of drug-likeness (QED) is 0.381. The van der Waals surface area contributed by atoms with Crippen LogP contribution in [-0.2, 0) is 0 Å². The number of halogens is 5. The number of nitrogens with zero attached hydrogens (tertiary/aromatic N) is 2. The van der Waals surface area contributed by atoms with Gasteiger partial charge in [-0.2, -0.15) is 0 Å². The molecule has 0 saturated heterocycles. The zero-order valence-corrected chi connectivity index (χ0v) is 12.2. The van der Waals surface area contributed by atoms with Crippen molar-refractivity contribution >= 4 is 0 Å². The highest BCUT2D eigenvalue weighted by Crippen LogP contribution is 2.31. The smallest absolute Gasteiger partial charge is 0.200 e. The maximum absolute atomic E-state index is 13.9. The molecule has 1 aromatic heterocycles. The van der Waals surface area contributed by atoms with Crippen molar-refractivity contribution in [2.45, 2.75) is 6.92 Å². The van der Waals surface area contributed by atoms with E-state index in [0.717, 1.165) is 6.20 Å². The van der Waals surface area contributed by atoms with Gasteiger partial charge in [0.05, 0.1) is 28.8 Å². The summed E-state index contributed by atoms with van der Waals surface area (Å²) in [6.07, 6.45) is 0.980. The number of benzene rings is 2. The minimum absolute atomic E-state index is 0.294. The highest BCUT2D eigenvalue weighted by molar-refractivity contribution is 5.66. The molecule has 0 aliphatic rings. The lowest BCUT2D eigenvalue weighted by Gasteiger charge is -2.10. The van der Waals surface area contributed by atoms with Gasteiger partial charge < -0.3 is 0 Å². The summed E-state index contributed by atoms with van der Waals surface area (Å²) in [6, 6.07) is 8.86. The average molecular weight is 336 g/mol. The molecule has 0 atom stereocenters. The summed E-state index contributed by atoms with van der Waals surface area (Å²) in [4.78, 5) is 8.01. The van der Waals surface area contributed by atoms with E-state index in [9.17, 15) is 22.0 Å². The zero-order chi connectivity index (χ0) is 17.4. The molecule has 0 spiro atoms. The molecule has 0 aliphatic carbocycles. The fourth-order valence-electron chi connectivity index (χ4n) is 2.31. The molecule has 0 bridgehead atoms. The van der Waals surface area contributed by atoms with Gasteiger partial charge in [0.2, 0.25) is 5.82 Å². The summed E-state index contributed by atoms with van der Waals surface area (Å²) < 4.78 is 67.5. The van der Waals surface area contributed by atoms with Crippen LogP contribution in [0.25, 0.3) is 22.5 Å². The van der Waals surface area contributed by atoms with Gasteiger partial charge in [-0.05, 0) is 6.92 Å². The molecule has 0 radical (unpaired) electrons. The first-order valence-corrected chi connectivity index (χ1v) is 6.82. The van der Waals surface area contributed by atoms with Crippen LogP contribution in [0, 0.1) is 36.0 Å². The fourth-order valence-corrected chi connectivity index (χ4v) is 2.31. The van der Waals surface area contributed by atoms with E-state index < -0.39 is 40.3 Å². The van der Waals surface area contributed by atoms with Gasteiger partial charge >= 0.3 is 0 Å². The molecule has 24 heavy (non-hydrogen) atoms. The van der Waals surface area contributed by atoms with Crippen LogP contribution in [0.1, 0.15) is 5.69 Å². The Bertz CT molecular complexity index is 897.